The van der Waals surface area contributed by atoms with E-state index in [4.69, 9.17) is 15.6 Å². The highest BCUT2D eigenvalue weighted by molar-refractivity contribution is 8.03. The molecule has 6 atom stereocenters. The lowest BCUT2D eigenvalue weighted by atomic mass is 9.84. The van der Waals surface area contributed by atoms with E-state index >= 15 is 0 Å². The van der Waals surface area contributed by atoms with Crippen LogP contribution in [-0.4, -0.2) is 63.2 Å². The molecule has 146 valence electrons. The predicted octanol–water partition coefficient (Wildman–Crippen LogP) is 1.05. The Morgan fingerprint density at radius 2 is 2.23 bits per heavy atom. The summed E-state index contributed by atoms with van der Waals surface area (Å²) in [4.78, 5) is 25.5. The molecule has 3 aliphatic heterocycles. The number of hydrogen-bond acceptors (Lipinski definition) is 7. The number of nitrogens with one attached hydrogen (secondary N) is 1. The van der Waals surface area contributed by atoms with Gasteiger partial charge >= 0.3 is 6.16 Å². The standard InChI is InChI=1S/C17H27N3O5S/c1-8(18)3-4-10-5-11(7-19-10)26-13-6-12-14(9(2)21)15(22)20(12)16(13)25-17(23)24/h8-12,14,19,21H,3-7,18H2,1-2H3,(H,23,24)/t8?,9-,10-,11+,12-,14-/m1/s1. The number of ether oxygens (including phenoxy) is 1. The second kappa shape index (κ2) is 7.75. The number of fused-ring (bicyclic) bond motifs is 1. The minimum Gasteiger partial charge on any atom is -0.449 e. The fourth-order valence-electron chi connectivity index (χ4n) is 4.02. The molecule has 0 aromatic heterocycles. The zero-order chi connectivity index (χ0) is 19.0. The summed E-state index contributed by atoms with van der Waals surface area (Å²) in [6.45, 7) is 4.42. The van der Waals surface area contributed by atoms with Crippen molar-refractivity contribution in [1.29, 1.82) is 0 Å². The molecule has 0 aliphatic carbocycles. The fraction of sp³-hybridized carbons (Fsp3) is 0.765. The maximum Gasteiger partial charge on any atom is 0.512 e. The van der Waals surface area contributed by atoms with Crippen LogP contribution in [0.15, 0.2) is 10.8 Å². The molecule has 0 bridgehead atoms. The van der Waals surface area contributed by atoms with Gasteiger partial charge in [-0.3, -0.25) is 9.69 Å². The Balaban J connectivity index is 1.65. The highest BCUT2D eigenvalue weighted by atomic mass is 32.2. The van der Waals surface area contributed by atoms with Crippen molar-refractivity contribution in [1.82, 2.24) is 10.2 Å². The van der Waals surface area contributed by atoms with E-state index in [9.17, 15) is 14.7 Å². The molecule has 0 aromatic carbocycles. The third-order valence-electron chi connectivity index (χ3n) is 5.29. The molecule has 8 nitrogen and oxygen atoms in total. The van der Waals surface area contributed by atoms with Gasteiger partial charge in [-0.05, 0) is 33.1 Å². The summed E-state index contributed by atoms with van der Waals surface area (Å²) >= 11 is 1.59. The van der Waals surface area contributed by atoms with E-state index in [1.165, 1.54) is 4.90 Å². The van der Waals surface area contributed by atoms with Crippen LogP contribution >= 0.6 is 11.8 Å². The summed E-state index contributed by atoms with van der Waals surface area (Å²) in [5.41, 5.74) is 5.82. The lowest BCUT2D eigenvalue weighted by Gasteiger charge is -2.44. The molecule has 0 radical (unpaired) electrons. The number of thioether (sulfide) groups is 1. The highest BCUT2D eigenvalue weighted by Gasteiger charge is 2.57. The number of nitrogens with zero attached hydrogens (tertiary/aromatic N) is 1. The lowest BCUT2D eigenvalue weighted by molar-refractivity contribution is -0.160. The van der Waals surface area contributed by atoms with Gasteiger partial charge in [0.2, 0.25) is 11.8 Å². The monoisotopic (exact) mass is 385 g/mol. The second-order valence-electron chi connectivity index (χ2n) is 7.48. The van der Waals surface area contributed by atoms with Crippen LogP contribution in [-0.2, 0) is 9.53 Å². The average Bonchev–Trinajstić information content (AvgIpc) is 3.08. The molecule has 2 saturated heterocycles. The summed E-state index contributed by atoms with van der Waals surface area (Å²) in [5, 5.41) is 22.6. The minimum atomic E-state index is -1.42. The zero-order valence-electron chi connectivity index (χ0n) is 15.1. The number of rotatable bonds is 7. The number of nitrogens with two attached hydrogens (primary N) is 1. The van der Waals surface area contributed by atoms with Gasteiger partial charge in [0.25, 0.3) is 0 Å². The summed E-state index contributed by atoms with van der Waals surface area (Å²) in [6.07, 6.45) is 1.31. The summed E-state index contributed by atoms with van der Waals surface area (Å²) in [7, 11) is 0. The van der Waals surface area contributed by atoms with Crippen LogP contribution in [0.5, 0.6) is 0 Å². The van der Waals surface area contributed by atoms with Gasteiger partial charge in [0.1, 0.15) is 0 Å². The molecule has 5 N–H and O–H groups in total. The Labute approximate surface area is 157 Å². The molecule has 0 spiro atoms. The van der Waals surface area contributed by atoms with E-state index in [-0.39, 0.29) is 23.9 Å². The first kappa shape index (κ1) is 19.5. The number of carbonyl (C=O) groups excluding carboxylic acids is 1. The molecule has 9 heteroatoms. The molecular weight excluding hydrogens is 358 g/mol. The van der Waals surface area contributed by atoms with E-state index in [2.05, 4.69) is 5.32 Å². The topological polar surface area (TPSA) is 125 Å². The first-order valence-corrected chi connectivity index (χ1v) is 9.96. The number of carboxylic acid groups (broad SMARTS) is 1. The van der Waals surface area contributed by atoms with Gasteiger partial charge in [-0.2, -0.15) is 0 Å². The fourth-order valence-corrected chi connectivity index (χ4v) is 5.44. The van der Waals surface area contributed by atoms with E-state index in [0.717, 1.165) is 30.7 Å². The first-order chi connectivity index (χ1) is 12.3. The summed E-state index contributed by atoms with van der Waals surface area (Å²) in [6, 6.07) is 0.388. The van der Waals surface area contributed by atoms with Crippen LogP contribution in [0, 0.1) is 5.92 Å². The predicted molar refractivity (Wildman–Crippen MR) is 97.2 cm³/mol. The summed E-state index contributed by atoms with van der Waals surface area (Å²) < 4.78 is 4.93. The summed E-state index contributed by atoms with van der Waals surface area (Å²) in [5.74, 6) is -0.620. The van der Waals surface area contributed by atoms with Crippen LogP contribution < -0.4 is 11.1 Å². The van der Waals surface area contributed by atoms with Gasteiger partial charge in [-0.15, -0.1) is 11.8 Å². The Kier molecular flexibility index (Phi) is 5.81. The Morgan fingerprint density at radius 1 is 1.50 bits per heavy atom. The minimum absolute atomic E-state index is 0.133. The van der Waals surface area contributed by atoms with Crippen LogP contribution in [0.1, 0.15) is 39.5 Å². The normalized spacial score (nSPS) is 33.1. The molecule has 0 saturated carbocycles. The van der Waals surface area contributed by atoms with Gasteiger partial charge in [-0.1, -0.05) is 0 Å². The van der Waals surface area contributed by atoms with Crippen LogP contribution in [0.3, 0.4) is 0 Å². The maximum atomic E-state index is 12.3. The third kappa shape index (κ3) is 3.85. The van der Waals surface area contributed by atoms with Crippen molar-refractivity contribution in [3.05, 3.63) is 10.8 Å². The Hall–Kier alpha value is -1.29. The lowest BCUT2D eigenvalue weighted by Crippen LogP contribution is -2.61. The van der Waals surface area contributed by atoms with E-state index < -0.39 is 18.2 Å². The first-order valence-electron chi connectivity index (χ1n) is 9.08. The van der Waals surface area contributed by atoms with Gasteiger partial charge < -0.3 is 26.0 Å². The van der Waals surface area contributed by atoms with E-state index in [0.29, 0.717) is 17.7 Å². The number of amides is 1. The molecule has 3 rings (SSSR count). The van der Waals surface area contributed by atoms with Gasteiger partial charge in [0.05, 0.1) is 18.1 Å². The quantitative estimate of drug-likeness (QED) is 0.379. The molecule has 2 fully saturated rings. The Morgan fingerprint density at radius 3 is 2.85 bits per heavy atom. The van der Waals surface area contributed by atoms with Crippen molar-refractivity contribution in [2.75, 3.05) is 6.54 Å². The maximum absolute atomic E-state index is 12.3. The van der Waals surface area contributed by atoms with Crippen molar-refractivity contribution in [3.8, 4) is 0 Å². The van der Waals surface area contributed by atoms with Crippen molar-refractivity contribution in [3.63, 3.8) is 0 Å². The van der Waals surface area contributed by atoms with Crippen molar-refractivity contribution in [2.24, 2.45) is 11.7 Å². The molecule has 1 amide bonds. The molecule has 26 heavy (non-hydrogen) atoms. The van der Waals surface area contributed by atoms with E-state index in [1.807, 2.05) is 6.92 Å². The number of aliphatic hydroxyl groups is 1. The van der Waals surface area contributed by atoms with Crippen molar-refractivity contribution < 1.29 is 24.5 Å². The van der Waals surface area contributed by atoms with Crippen LogP contribution in [0.4, 0.5) is 4.79 Å². The van der Waals surface area contributed by atoms with Crippen molar-refractivity contribution >= 4 is 23.8 Å². The molecule has 3 aliphatic rings. The molecule has 3 heterocycles. The number of hydrogen-bond donors (Lipinski definition) is 4. The van der Waals surface area contributed by atoms with Gasteiger partial charge in [0.15, 0.2) is 0 Å². The molecular formula is C17H27N3O5S. The number of aliphatic hydroxyl groups excluding tert-OH is 1. The number of β-lactam (4-membered cyclic amide) rings is 1. The second-order valence-corrected chi connectivity index (χ2v) is 8.87. The third-order valence-corrected chi connectivity index (χ3v) is 6.60. The van der Waals surface area contributed by atoms with Gasteiger partial charge in [0, 0.05) is 35.2 Å². The smallest absolute Gasteiger partial charge is 0.449 e. The SMILES string of the molecule is CC(N)CC[C@@H]1C[C@H](SC2=C(OC(=O)O)N3C(=O)[C@H]([C@@H](C)O)[C@H]3C2)CN1. The average molecular weight is 385 g/mol. The largest absolute Gasteiger partial charge is 0.512 e. The van der Waals surface area contributed by atoms with E-state index in [1.54, 1.807) is 18.7 Å². The van der Waals surface area contributed by atoms with Crippen LogP contribution in [0.25, 0.3) is 0 Å². The molecule has 0 aromatic rings. The molecule has 1 unspecified atom stereocenters. The van der Waals surface area contributed by atoms with Crippen LogP contribution in [0.2, 0.25) is 0 Å². The van der Waals surface area contributed by atoms with Crippen molar-refractivity contribution in [2.45, 2.75) is 69.0 Å². The highest BCUT2D eigenvalue weighted by Crippen LogP contribution is 2.48. The van der Waals surface area contributed by atoms with Gasteiger partial charge in [-0.25, -0.2) is 4.79 Å². The zero-order valence-corrected chi connectivity index (χ0v) is 15.9. The Bertz CT molecular complexity index is 609. The number of carbonyl (C=O) groups is 2.